The highest BCUT2D eigenvalue weighted by Crippen LogP contribution is 2.21. The van der Waals surface area contributed by atoms with Gasteiger partial charge in [0.05, 0.1) is 18.6 Å². The Morgan fingerprint density at radius 1 is 1.15 bits per heavy atom. The maximum Gasteiger partial charge on any atom is 0.321 e. The number of carbonyl (C=O) groups is 1. The average molecular weight is 349 g/mol. The van der Waals surface area contributed by atoms with Crippen LogP contribution in [0.5, 0.6) is 0 Å². The summed E-state index contributed by atoms with van der Waals surface area (Å²) in [7, 11) is 0. The van der Waals surface area contributed by atoms with Crippen LogP contribution in [-0.2, 0) is 4.74 Å². The number of ether oxygens (including phenoxy) is 1. The molecule has 26 heavy (non-hydrogen) atoms. The van der Waals surface area contributed by atoms with Crippen LogP contribution in [0.3, 0.4) is 0 Å². The van der Waals surface area contributed by atoms with Gasteiger partial charge in [0.2, 0.25) is 0 Å². The molecule has 0 bridgehead atoms. The number of carbonyl (C=O) groups excluding carboxylic acids is 1. The number of hydrogen-bond acceptors (Lipinski definition) is 3. The van der Waals surface area contributed by atoms with E-state index < -0.39 is 0 Å². The first kappa shape index (κ1) is 18.0. The number of amides is 2. The summed E-state index contributed by atoms with van der Waals surface area (Å²) in [5.41, 5.74) is 2.98. The maximum atomic E-state index is 12.6. The first-order valence-electron chi connectivity index (χ1n) is 8.96. The quantitative estimate of drug-likeness (QED) is 0.846. The molecule has 5 heteroatoms. The molecule has 0 aliphatic carbocycles. The van der Waals surface area contributed by atoms with Gasteiger partial charge >= 0.3 is 6.03 Å². The number of rotatable bonds is 6. The topological polar surface area (TPSA) is 65.4 Å². The van der Waals surface area contributed by atoms with Crippen LogP contribution in [0.1, 0.15) is 19.3 Å². The fourth-order valence-corrected chi connectivity index (χ4v) is 3.07. The molecule has 1 aliphatic heterocycles. The normalized spacial score (nSPS) is 16.0. The van der Waals surface area contributed by atoms with Gasteiger partial charge in [-0.15, -0.1) is 0 Å². The summed E-state index contributed by atoms with van der Waals surface area (Å²) in [5.74, 6) is 0. The Bertz CT molecular complexity index is 747. The van der Waals surface area contributed by atoms with E-state index in [9.17, 15) is 4.79 Å². The molecule has 5 nitrogen and oxygen atoms in total. The van der Waals surface area contributed by atoms with Crippen molar-refractivity contribution >= 4 is 11.7 Å². The van der Waals surface area contributed by atoms with E-state index in [4.69, 9.17) is 10.00 Å². The van der Waals surface area contributed by atoms with E-state index in [1.54, 1.807) is 4.90 Å². The molecular formula is C21H23N3O2. The standard InChI is InChI=1S/C21H23N3O2/c22-13-5-14-24(16-20-8-4-15-26-20)21(25)23-19-11-9-18(10-12-19)17-6-2-1-3-7-17/h1-3,6-7,9-12,20H,4-5,8,14-16H2,(H,23,25). The molecule has 1 fully saturated rings. The van der Waals surface area contributed by atoms with Crippen LogP contribution in [0.2, 0.25) is 0 Å². The second-order valence-corrected chi connectivity index (χ2v) is 6.36. The zero-order valence-electron chi connectivity index (χ0n) is 14.7. The first-order valence-corrected chi connectivity index (χ1v) is 8.96. The molecule has 1 heterocycles. The van der Waals surface area contributed by atoms with Crippen molar-refractivity contribution in [2.24, 2.45) is 0 Å². The summed E-state index contributed by atoms with van der Waals surface area (Å²) < 4.78 is 5.62. The van der Waals surface area contributed by atoms with Crippen molar-refractivity contribution in [3.05, 3.63) is 54.6 Å². The van der Waals surface area contributed by atoms with Crippen LogP contribution >= 0.6 is 0 Å². The molecule has 134 valence electrons. The van der Waals surface area contributed by atoms with E-state index in [0.717, 1.165) is 36.3 Å². The van der Waals surface area contributed by atoms with E-state index >= 15 is 0 Å². The molecule has 0 saturated carbocycles. The molecule has 3 rings (SSSR count). The lowest BCUT2D eigenvalue weighted by Crippen LogP contribution is -2.40. The second-order valence-electron chi connectivity index (χ2n) is 6.36. The van der Waals surface area contributed by atoms with Gasteiger partial charge in [-0.1, -0.05) is 42.5 Å². The highest BCUT2D eigenvalue weighted by Gasteiger charge is 2.22. The van der Waals surface area contributed by atoms with Gasteiger partial charge in [-0.25, -0.2) is 4.79 Å². The van der Waals surface area contributed by atoms with Crippen molar-refractivity contribution in [1.29, 1.82) is 5.26 Å². The third-order valence-corrected chi connectivity index (χ3v) is 4.47. The number of anilines is 1. The van der Waals surface area contributed by atoms with E-state index in [-0.39, 0.29) is 12.1 Å². The van der Waals surface area contributed by atoms with Gasteiger partial charge in [-0.2, -0.15) is 5.26 Å². The van der Waals surface area contributed by atoms with Gasteiger partial charge in [0.1, 0.15) is 0 Å². The molecule has 0 spiro atoms. The number of nitriles is 1. The van der Waals surface area contributed by atoms with Crippen LogP contribution < -0.4 is 5.32 Å². The van der Waals surface area contributed by atoms with Crippen LogP contribution in [-0.4, -0.2) is 36.7 Å². The number of nitrogens with zero attached hydrogens (tertiary/aromatic N) is 2. The Kier molecular flexibility index (Phi) is 6.24. The minimum absolute atomic E-state index is 0.0694. The van der Waals surface area contributed by atoms with Crippen molar-refractivity contribution in [3.8, 4) is 17.2 Å². The zero-order valence-corrected chi connectivity index (χ0v) is 14.7. The second kappa shape index (κ2) is 9.02. The Hall–Kier alpha value is -2.84. The molecule has 2 aromatic rings. The molecule has 1 N–H and O–H groups in total. The molecule has 1 aliphatic rings. The molecule has 1 atom stereocenters. The predicted molar refractivity (Wildman–Crippen MR) is 102 cm³/mol. The van der Waals surface area contributed by atoms with E-state index in [0.29, 0.717) is 19.5 Å². The van der Waals surface area contributed by atoms with Crippen LogP contribution in [0, 0.1) is 11.3 Å². The molecule has 2 amide bonds. The predicted octanol–water partition coefficient (Wildman–Crippen LogP) is 4.28. The van der Waals surface area contributed by atoms with Crippen molar-refractivity contribution in [2.75, 3.05) is 25.0 Å². The number of urea groups is 1. The first-order chi connectivity index (χ1) is 12.8. The summed E-state index contributed by atoms with van der Waals surface area (Å²) in [6, 6.07) is 19.8. The minimum atomic E-state index is -0.191. The Labute approximate surface area is 154 Å². The van der Waals surface area contributed by atoms with Gasteiger partial charge in [0, 0.05) is 25.4 Å². The summed E-state index contributed by atoms with van der Waals surface area (Å²) in [4.78, 5) is 14.3. The summed E-state index contributed by atoms with van der Waals surface area (Å²) in [6.45, 7) is 1.68. The van der Waals surface area contributed by atoms with Gasteiger partial charge in [-0.05, 0) is 36.1 Å². The van der Waals surface area contributed by atoms with Crippen LogP contribution in [0.25, 0.3) is 11.1 Å². The SMILES string of the molecule is N#CCCN(CC1CCCO1)C(=O)Nc1ccc(-c2ccccc2)cc1. The van der Waals surface area contributed by atoms with Crippen LogP contribution in [0.15, 0.2) is 54.6 Å². The van der Waals surface area contributed by atoms with Crippen molar-refractivity contribution in [1.82, 2.24) is 4.90 Å². The van der Waals surface area contributed by atoms with Gasteiger partial charge < -0.3 is 15.0 Å². The molecule has 1 saturated heterocycles. The lowest BCUT2D eigenvalue weighted by molar-refractivity contribution is 0.0841. The van der Waals surface area contributed by atoms with Gasteiger partial charge in [0.15, 0.2) is 0 Å². The molecule has 1 unspecified atom stereocenters. The fourth-order valence-electron chi connectivity index (χ4n) is 3.07. The summed E-state index contributed by atoms with van der Waals surface area (Å²) >= 11 is 0. The monoisotopic (exact) mass is 349 g/mol. The van der Waals surface area contributed by atoms with Crippen molar-refractivity contribution in [3.63, 3.8) is 0 Å². The number of nitrogens with one attached hydrogen (secondary N) is 1. The summed E-state index contributed by atoms with van der Waals surface area (Å²) in [6.07, 6.45) is 2.37. The van der Waals surface area contributed by atoms with E-state index in [1.807, 2.05) is 42.5 Å². The van der Waals surface area contributed by atoms with Crippen molar-refractivity contribution in [2.45, 2.75) is 25.4 Å². The lowest BCUT2D eigenvalue weighted by atomic mass is 10.1. The van der Waals surface area contributed by atoms with Gasteiger partial charge in [-0.3, -0.25) is 0 Å². The number of hydrogen-bond donors (Lipinski definition) is 1. The summed E-state index contributed by atoms with van der Waals surface area (Å²) in [5, 5.41) is 11.8. The van der Waals surface area contributed by atoms with Gasteiger partial charge in [0.25, 0.3) is 0 Å². The smallest absolute Gasteiger partial charge is 0.321 e. The Morgan fingerprint density at radius 2 is 1.88 bits per heavy atom. The van der Waals surface area contributed by atoms with E-state index in [1.165, 1.54) is 0 Å². The maximum absolute atomic E-state index is 12.6. The highest BCUT2D eigenvalue weighted by atomic mass is 16.5. The average Bonchev–Trinajstić information content (AvgIpc) is 3.19. The van der Waals surface area contributed by atoms with E-state index in [2.05, 4.69) is 23.5 Å². The van der Waals surface area contributed by atoms with Crippen LogP contribution in [0.4, 0.5) is 10.5 Å². The largest absolute Gasteiger partial charge is 0.376 e. The Balaban J connectivity index is 1.63. The zero-order chi connectivity index (χ0) is 18.2. The highest BCUT2D eigenvalue weighted by molar-refractivity contribution is 5.89. The molecule has 0 radical (unpaired) electrons. The fraction of sp³-hybridized carbons (Fsp3) is 0.333. The lowest BCUT2D eigenvalue weighted by Gasteiger charge is -2.25. The number of benzene rings is 2. The Morgan fingerprint density at radius 3 is 2.54 bits per heavy atom. The minimum Gasteiger partial charge on any atom is -0.376 e. The molecule has 0 aromatic heterocycles. The third kappa shape index (κ3) is 4.84. The molecular weight excluding hydrogens is 326 g/mol. The third-order valence-electron chi connectivity index (χ3n) is 4.47. The molecule has 2 aromatic carbocycles. The van der Waals surface area contributed by atoms with Crippen molar-refractivity contribution < 1.29 is 9.53 Å².